The third kappa shape index (κ3) is 9.57. The molecule has 4 aromatic rings. The summed E-state index contributed by atoms with van der Waals surface area (Å²) in [5, 5.41) is 25.6. The van der Waals surface area contributed by atoms with Crippen LogP contribution in [0.5, 0.6) is 11.5 Å². The Balaban J connectivity index is 1.36. The number of amides is 1. The minimum Gasteiger partial charge on any atom is -0.491 e. The van der Waals surface area contributed by atoms with Crippen molar-refractivity contribution < 1.29 is 41.7 Å². The van der Waals surface area contributed by atoms with Gasteiger partial charge in [0.25, 0.3) is 10.0 Å². The molecule has 2 heterocycles. The molecule has 0 bridgehead atoms. The van der Waals surface area contributed by atoms with E-state index < -0.39 is 40.7 Å². The van der Waals surface area contributed by atoms with Crippen LogP contribution in [0.4, 0.5) is 4.39 Å². The summed E-state index contributed by atoms with van der Waals surface area (Å²) < 4.78 is 53.2. The van der Waals surface area contributed by atoms with E-state index in [4.69, 9.17) is 19.3 Å². The highest BCUT2D eigenvalue weighted by Crippen LogP contribution is 2.28. The molecule has 18 heteroatoms. The fourth-order valence-electron chi connectivity index (χ4n) is 4.05. The number of nitrogens with zero attached hydrogens (tertiary/aromatic N) is 4. The van der Waals surface area contributed by atoms with Crippen LogP contribution in [-0.2, 0) is 36.7 Å². The van der Waals surface area contributed by atoms with Crippen LogP contribution < -0.4 is 19.9 Å². The van der Waals surface area contributed by atoms with Gasteiger partial charge in [0.1, 0.15) is 49.2 Å². The number of rotatable bonds is 17. The molecule has 0 aliphatic carbocycles. The van der Waals surface area contributed by atoms with Gasteiger partial charge in [0.15, 0.2) is 0 Å². The lowest BCUT2D eigenvalue weighted by atomic mass is 10.2. The second-order valence-electron chi connectivity index (χ2n) is 9.45. The molecule has 0 spiro atoms. The van der Waals surface area contributed by atoms with Crippen LogP contribution in [0, 0.1) is 0 Å². The number of hydrogen-bond donors (Lipinski definition) is 3. The quantitative estimate of drug-likeness (QED) is 0.137. The van der Waals surface area contributed by atoms with Crippen LogP contribution in [-0.4, -0.2) is 84.2 Å². The number of sulfonamides is 1. The normalized spacial score (nSPS) is 12.9. The van der Waals surface area contributed by atoms with Gasteiger partial charge in [-0.1, -0.05) is 17.3 Å². The number of benzene rings is 2. The monoisotopic (exact) mass is 682 g/mol. The maximum absolute atomic E-state index is 13.3. The summed E-state index contributed by atoms with van der Waals surface area (Å²) >= 11 is 2.30. The van der Waals surface area contributed by atoms with Crippen LogP contribution >= 0.6 is 23.1 Å². The van der Waals surface area contributed by atoms with Gasteiger partial charge in [0, 0.05) is 24.5 Å². The highest BCUT2D eigenvalue weighted by atomic mass is 32.2. The summed E-state index contributed by atoms with van der Waals surface area (Å²) in [5.74, 6) is 0.433. The van der Waals surface area contributed by atoms with Gasteiger partial charge in [-0.25, -0.2) is 32.4 Å². The smallest absolute Gasteiger partial charge is 0.329 e. The molecule has 0 aliphatic rings. The molecule has 0 radical (unpaired) electrons. The summed E-state index contributed by atoms with van der Waals surface area (Å²) in [6, 6.07) is 10.0. The molecule has 0 aliphatic heterocycles. The van der Waals surface area contributed by atoms with Crippen molar-refractivity contribution in [2.45, 2.75) is 35.2 Å². The molecule has 0 saturated heterocycles. The van der Waals surface area contributed by atoms with E-state index in [-0.39, 0.29) is 36.3 Å². The largest absolute Gasteiger partial charge is 0.491 e. The summed E-state index contributed by atoms with van der Waals surface area (Å²) in [6.45, 7) is -1.00. The van der Waals surface area contributed by atoms with Crippen LogP contribution in [0.15, 0.2) is 53.0 Å². The SMILES string of the molecule is COC(=O)C(CSCc1cccc(OCCF)c1)NC(=O)[C@H](CCO)n1cc(COc2ccc3nc(S(N)(=O)=O)sc3c2)nn1. The van der Waals surface area contributed by atoms with Crippen molar-refractivity contribution in [1.29, 1.82) is 0 Å². The lowest BCUT2D eigenvalue weighted by Crippen LogP contribution is -2.46. The molecule has 0 saturated carbocycles. The molecule has 242 valence electrons. The summed E-state index contributed by atoms with van der Waals surface area (Å²) in [4.78, 5) is 29.8. The maximum atomic E-state index is 13.3. The second-order valence-corrected chi connectivity index (χ2v) is 13.2. The van der Waals surface area contributed by atoms with Gasteiger partial charge in [-0.05, 0) is 35.9 Å². The van der Waals surface area contributed by atoms with E-state index in [9.17, 15) is 27.5 Å². The zero-order valence-electron chi connectivity index (χ0n) is 24.0. The topological polar surface area (TPSA) is 198 Å². The van der Waals surface area contributed by atoms with E-state index in [0.29, 0.717) is 33.2 Å². The number of methoxy groups -OCH3 is 1. The van der Waals surface area contributed by atoms with Gasteiger partial charge in [0.2, 0.25) is 10.2 Å². The fourth-order valence-corrected chi connectivity index (χ4v) is 6.72. The number of hydrogen-bond acceptors (Lipinski definition) is 13. The second kappa shape index (κ2) is 15.9. The molecule has 1 unspecified atom stereocenters. The van der Waals surface area contributed by atoms with E-state index in [0.717, 1.165) is 16.9 Å². The lowest BCUT2D eigenvalue weighted by molar-refractivity contribution is -0.144. The molecule has 4 rings (SSSR count). The fraction of sp³-hybridized carbons (Fsp3) is 0.370. The van der Waals surface area contributed by atoms with E-state index in [2.05, 4.69) is 20.6 Å². The number of aliphatic hydroxyl groups is 1. The highest BCUT2D eigenvalue weighted by Gasteiger charge is 2.28. The van der Waals surface area contributed by atoms with Crippen molar-refractivity contribution >= 4 is 55.2 Å². The molecule has 4 N–H and O–H groups in total. The van der Waals surface area contributed by atoms with Crippen LogP contribution in [0.25, 0.3) is 10.2 Å². The predicted molar refractivity (Wildman–Crippen MR) is 164 cm³/mol. The van der Waals surface area contributed by atoms with Crippen molar-refractivity contribution in [2.24, 2.45) is 5.14 Å². The van der Waals surface area contributed by atoms with Crippen molar-refractivity contribution in [3.63, 3.8) is 0 Å². The first-order valence-electron chi connectivity index (χ1n) is 13.4. The first kappa shape index (κ1) is 34.0. The van der Waals surface area contributed by atoms with Gasteiger partial charge < -0.3 is 24.6 Å². The van der Waals surface area contributed by atoms with E-state index in [1.54, 1.807) is 36.4 Å². The molecule has 2 aromatic carbocycles. The van der Waals surface area contributed by atoms with E-state index >= 15 is 0 Å². The number of carbonyl (C=O) groups is 2. The molecule has 1 amide bonds. The van der Waals surface area contributed by atoms with E-state index in [1.807, 2.05) is 6.07 Å². The third-order valence-corrected chi connectivity index (χ3v) is 9.60. The Labute approximate surface area is 266 Å². The number of ether oxygens (including phenoxy) is 3. The minimum absolute atomic E-state index is 0.00335. The van der Waals surface area contributed by atoms with Gasteiger partial charge in [-0.15, -0.1) is 16.4 Å². The van der Waals surface area contributed by atoms with Crippen molar-refractivity contribution in [3.05, 3.63) is 59.9 Å². The molecule has 2 atom stereocenters. The number of thioether (sulfide) groups is 1. The Bertz CT molecular complexity index is 1720. The van der Waals surface area contributed by atoms with Crippen molar-refractivity contribution in [2.75, 3.05) is 32.8 Å². The van der Waals surface area contributed by atoms with Crippen molar-refractivity contribution in [3.8, 4) is 11.5 Å². The number of halogens is 1. The Morgan fingerprint density at radius 3 is 2.73 bits per heavy atom. The minimum atomic E-state index is -3.93. The van der Waals surface area contributed by atoms with Gasteiger partial charge in [-0.3, -0.25) is 4.79 Å². The maximum Gasteiger partial charge on any atom is 0.329 e. The number of aromatic nitrogens is 4. The zero-order chi connectivity index (χ0) is 32.4. The Kier molecular flexibility index (Phi) is 12.1. The molecular weight excluding hydrogens is 652 g/mol. The number of nitrogens with one attached hydrogen (secondary N) is 1. The number of thiazole rings is 1. The van der Waals surface area contributed by atoms with Crippen molar-refractivity contribution in [1.82, 2.24) is 25.3 Å². The molecule has 0 fully saturated rings. The average molecular weight is 683 g/mol. The summed E-state index contributed by atoms with van der Waals surface area (Å²) in [5.41, 5.74) is 1.72. The van der Waals surface area contributed by atoms with Crippen LogP contribution in [0.2, 0.25) is 0 Å². The number of primary sulfonamides is 1. The predicted octanol–water partition coefficient (Wildman–Crippen LogP) is 1.98. The molecule has 14 nitrogen and oxygen atoms in total. The highest BCUT2D eigenvalue weighted by molar-refractivity contribution is 7.98. The summed E-state index contributed by atoms with van der Waals surface area (Å²) in [7, 11) is -2.71. The standard InChI is InChI=1S/C27H31FN6O8S3/c1-40-26(37)22(16-43-15-17-3-2-4-19(11-17)41-10-8-28)30-25(36)23(7-9-35)34-13-18(32-33-34)14-42-20-5-6-21-24(12-20)44-27(31-21)45(29,38)39/h2-6,11-13,22-23,35H,7-10,14-16H2,1H3,(H,30,36)(H2,29,38,39)/t22?,23-/m0/s1. The average Bonchev–Trinajstić information content (AvgIpc) is 3.68. The number of nitrogens with two attached hydrogens (primary N) is 1. The Hall–Kier alpha value is -3.84. The number of alkyl halides is 1. The van der Waals surface area contributed by atoms with Crippen LogP contribution in [0.3, 0.4) is 0 Å². The first-order chi connectivity index (χ1) is 21.6. The Morgan fingerprint density at radius 1 is 1.20 bits per heavy atom. The number of carbonyl (C=O) groups excluding carboxylic acids is 2. The van der Waals surface area contributed by atoms with Crippen LogP contribution in [0.1, 0.15) is 23.7 Å². The molecule has 45 heavy (non-hydrogen) atoms. The number of esters is 1. The number of fused-ring (bicyclic) bond motifs is 1. The molecular formula is C27H31FN6O8S3. The van der Waals surface area contributed by atoms with Gasteiger partial charge >= 0.3 is 5.97 Å². The third-order valence-electron chi connectivity index (χ3n) is 6.15. The summed E-state index contributed by atoms with van der Waals surface area (Å²) in [6.07, 6.45) is 1.49. The van der Waals surface area contributed by atoms with Gasteiger partial charge in [-0.2, -0.15) is 11.8 Å². The Morgan fingerprint density at radius 2 is 2.00 bits per heavy atom. The lowest BCUT2D eigenvalue weighted by Gasteiger charge is -2.21. The van der Waals surface area contributed by atoms with Gasteiger partial charge in [0.05, 0.1) is 23.5 Å². The molecule has 2 aromatic heterocycles. The zero-order valence-corrected chi connectivity index (χ0v) is 26.4. The first-order valence-corrected chi connectivity index (χ1v) is 16.9. The van der Waals surface area contributed by atoms with E-state index in [1.165, 1.54) is 29.8 Å². The number of aliphatic hydroxyl groups excluding tert-OH is 1.